The van der Waals surface area contributed by atoms with Crippen LogP contribution in [0, 0.1) is 5.92 Å². The Labute approximate surface area is 101 Å². The van der Waals surface area contributed by atoms with Gasteiger partial charge in [0.1, 0.15) is 12.0 Å². The third-order valence-corrected chi connectivity index (χ3v) is 3.32. The van der Waals surface area contributed by atoms with Crippen molar-refractivity contribution < 1.29 is 9.21 Å². The molecule has 94 valence electrons. The second kappa shape index (κ2) is 4.89. The summed E-state index contributed by atoms with van der Waals surface area (Å²) in [5, 5.41) is 0. The molecule has 0 bridgehead atoms. The second-order valence-electron chi connectivity index (χ2n) is 4.89. The van der Waals surface area contributed by atoms with E-state index in [-0.39, 0.29) is 5.91 Å². The van der Waals surface area contributed by atoms with Crippen molar-refractivity contribution in [2.75, 3.05) is 6.54 Å². The van der Waals surface area contributed by atoms with Crippen LogP contribution >= 0.6 is 0 Å². The third kappa shape index (κ3) is 2.68. The van der Waals surface area contributed by atoms with Gasteiger partial charge in [-0.15, -0.1) is 0 Å². The monoisotopic (exact) mass is 237 g/mol. The van der Waals surface area contributed by atoms with Crippen molar-refractivity contribution in [2.45, 2.75) is 32.9 Å². The molecule has 1 aromatic rings. The number of carbonyl (C=O) groups is 1. The zero-order chi connectivity index (χ0) is 12.4. The Kier molecular flexibility index (Phi) is 3.49. The van der Waals surface area contributed by atoms with E-state index in [9.17, 15) is 4.79 Å². The third-order valence-electron chi connectivity index (χ3n) is 3.32. The first-order valence-electron chi connectivity index (χ1n) is 5.92. The molecule has 0 aliphatic carbocycles. The Balaban J connectivity index is 1.99. The van der Waals surface area contributed by atoms with Gasteiger partial charge in [0.25, 0.3) is 5.91 Å². The van der Waals surface area contributed by atoms with Gasteiger partial charge in [0.15, 0.2) is 0 Å². The summed E-state index contributed by atoms with van der Waals surface area (Å²) in [7, 11) is 0. The van der Waals surface area contributed by atoms with Crippen molar-refractivity contribution in [1.29, 1.82) is 0 Å². The number of amides is 1. The maximum atomic E-state index is 11.3. The molecule has 1 aliphatic heterocycles. The lowest BCUT2D eigenvalue weighted by Crippen LogP contribution is -2.29. The number of hydrazine groups is 1. The molecule has 2 heterocycles. The summed E-state index contributed by atoms with van der Waals surface area (Å²) in [6.07, 6.45) is 2.67. The normalized spacial score (nSPS) is 25.1. The van der Waals surface area contributed by atoms with E-state index < -0.39 is 0 Å². The van der Waals surface area contributed by atoms with Crippen LogP contribution in [-0.4, -0.2) is 23.4 Å². The fourth-order valence-corrected chi connectivity index (χ4v) is 2.47. The Morgan fingerprint density at radius 1 is 1.65 bits per heavy atom. The van der Waals surface area contributed by atoms with Gasteiger partial charge in [0.2, 0.25) is 0 Å². The number of nitrogen functional groups attached to an aromatic ring is 1. The lowest BCUT2D eigenvalue weighted by molar-refractivity contribution is 0.0953. The summed E-state index contributed by atoms with van der Waals surface area (Å²) in [5.74, 6) is 6.29. The molecule has 0 radical (unpaired) electrons. The Bertz CT molecular complexity index is 402. The number of carbonyl (C=O) groups excluding carboxylic acids is 1. The minimum atomic E-state index is -0.317. The first-order valence-corrected chi connectivity index (χ1v) is 5.92. The summed E-state index contributed by atoms with van der Waals surface area (Å²) in [6.45, 7) is 6.31. The average Bonchev–Trinajstić information content (AvgIpc) is 2.86. The molecule has 2 unspecified atom stereocenters. The molecule has 2 atom stereocenters. The van der Waals surface area contributed by atoms with E-state index in [1.165, 1.54) is 12.7 Å². The molecule has 5 heteroatoms. The minimum absolute atomic E-state index is 0.317. The van der Waals surface area contributed by atoms with E-state index in [0.717, 1.165) is 24.8 Å². The predicted molar refractivity (Wildman–Crippen MR) is 64.0 cm³/mol. The van der Waals surface area contributed by atoms with Crippen LogP contribution in [0.2, 0.25) is 0 Å². The maximum Gasteiger partial charge on any atom is 0.268 e. The topological polar surface area (TPSA) is 71.5 Å². The smallest absolute Gasteiger partial charge is 0.268 e. The number of rotatable bonds is 3. The van der Waals surface area contributed by atoms with Crippen LogP contribution in [0.1, 0.15) is 36.4 Å². The molecule has 3 N–H and O–H groups in total. The Morgan fingerprint density at radius 2 is 2.41 bits per heavy atom. The number of furan rings is 1. The van der Waals surface area contributed by atoms with E-state index in [1.807, 2.05) is 0 Å². The molecule has 5 nitrogen and oxygen atoms in total. The van der Waals surface area contributed by atoms with E-state index in [0.29, 0.717) is 11.6 Å². The average molecular weight is 237 g/mol. The van der Waals surface area contributed by atoms with Crippen LogP contribution in [0.3, 0.4) is 0 Å². The Morgan fingerprint density at radius 3 is 3.00 bits per heavy atom. The van der Waals surface area contributed by atoms with Crippen molar-refractivity contribution in [2.24, 2.45) is 11.8 Å². The van der Waals surface area contributed by atoms with E-state index >= 15 is 0 Å². The lowest BCUT2D eigenvalue weighted by Gasteiger charge is -2.19. The molecular formula is C12H19N3O2. The molecule has 1 aliphatic rings. The van der Waals surface area contributed by atoms with Crippen LogP contribution in [0.25, 0.3) is 0 Å². The molecule has 1 saturated heterocycles. The molecule has 17 heavy (non-hydrogen) atoms. The van der Waals surface area contributed by atoms with Gasteiger partial charge in [-0.2, -0.15) is 0 Å². The summed E-state index contributed by atoms with van der Waals surface area (Å²) in [6, 6.07) is 2.32. The van der Waals surface area contributed by atoms with Gasteiger partial charge in [0.05, 0.1) is 12.1 Å². The molecule has 1 aromatic heterocycles. The van der Waals surface area contributed by atoms with Gasteiger partial charge in [-0.25, -0.2) is 5.84 Å². The SMILES string of the molecule is CC1CC(C)N(Cc2cc(C(=O)NN)co2)C1. The summed E-state index contributed by atoms with van der Waals surface area (Å²) >= 11 is 0. The number of nitrogens with two attached hydrogens (primary N) is 1. The quantitative estimate of drug-likeness (QED) is 0.469. The number of hydrogen-bond acceptors (Lipinski definition) is 4. The highest BCUT2D eigenvalue weighted by Crippen LogP contribution is 2.24. The molecule has 1 fully saturated rings. The van der Waals surface area contributed by atoms with Gasteiger partial charge in [0, 0.05) is 12.6 Å². The fourth-order valence-electron chi connectivity index (χ4n) is 2.47. The van der Waals surface area contributed by atoms with Crippen LogP contribution in [0.5, 0.6) is 0 Å². The first-order chi connectivity index (χ1) is 8.10. The summed E-state index contributed by atoms with van der Waals surface area (Å²) in [4.78, 5) is 13.6. The van der Waals surface area contributed by atoms with Gasteiger partial charge in [-0.05, 0) is 25.3 Å². The van der Waals surface area contributed by atoms with Crippen LogP contribution < -0.4 is 11.3 Å². The van der Waals surface area contributed by atoms with Gasteiger partial charge in [-0.1, -0.05) is 6.92 Å². The second-order valence-corrected chi connectivity index (χ2v) is 4.89. The summed E-state index contributed by atoms with van der Waals surface area (Å²) < 4.78 is 5.38. The van der Waals surface area contributed by atoms with Crippen LogP contribution in [-0.2, 0) is 6.54 Å². The zero-order valence-electron chi connectivity index (χ0n) is 10.3. The predicted octanol–water partition coefficient (Wildman–Crippen LogP) is 1.11. The molecule has 0 saturated carbocycles. The molecule has 1 amide bonds. The maximum absolute atomic E-state index is 11.3. The summed E-state index contributed by atoms with van der Waals surface area (Å²) in [5.41, 5.74) is 2.57. The molecule has 0 aromatic carbocycles. The molecular weight excluding hydrogens is 218 g/mol. The van der Waals surface area contributed by atoms with Gasteiger partial charge in [-0.3, -0.25) is 15.1 Å². The van der Waals surface area contributed by atoms with Crippen molar-refractivity contribution >= 4 is 5.91 Å². The minimum Gasteiger partial charge on any atom is -0.467 e. The van der Waals surface area contributed by atoms with Crippen molar-refractivity contribution in [3.8, 4) is 0 Å². The molecule has 0 spiro atoms. The number of likely N-dealkylation sites (tertiary alicyclic amines) is 1. The van der Waals surface area contributed by atoms with Crippen molar-refractivity contribution in [1.82, 2.24) is 10.3 Å². The molecule has 2 rings (SSSR count). The highest BCUT2D eigenvalue weighted by molar-refractivity contribution is 5.93. The zero-order valence-corrected chi connectivity index (χ0v) is 10.3. The van der Waals surface area contributed by atoms with Gasteiger partial charge >= 0.3 is 0 Å². The largest absolute Gasteiger partial charge is 0.467 e. The number of nitrogens with zero attached hydrogens (tertiary/aromatic N) is 1. The van der Waals surface area contributed by atoms with Crippen molar-refractivity contribution in [3.05, 3.63) is 23.7 Å². The Hall–Kier alpha value is -1.33. The van der Waals surface area contributed by atoms with Crippen molar-refractivity contribution in [3.63, 3.8) is 0 Å². The van der Waals surface area contributed by atoms with Gasteiger partial charge < -0.3 is 4.42 Å². The number of hydrogen-bond donors (Lipinski definition) is 2. The highest BCUT2D eigenvalue weighted by Gasteiger charge is 2.26. The van der Waals surface area contributed by atoms with E-state index in [1.54, 1.807) is 6.07 Å². The van der Waals surface area contributed by atoms with Crippen LogP contribution in [0.4, 0.5) is 0 Å². The van der Waals surface area contributed by atoms with E-state index in [4.69, 9.17) is 10.3 Å². The first kappa shape index (κ1) is 12.1. The highest BCUT2D eigenvalue weighted by atomic mass is 16.3. The van der Waals surface area contributed by atoms with E-state index in [2.05, 4.69) is 24.2 Å². The fraction of sp³-hybridized carbons (Fsp3) is 0.583. The number of nitrogens with one attached hydrogen (secondary N) is 1. The standard InChI is InChI=1S/C12H19N3O2/c1-8-3-9(2)15(5-8)6-11-4-10(7-17-11)12(16)14-13/h4,7-9H,3,5-6,13H2,1-2H3,(H,14,16). The lowest BCUT2D eigenvalue weighted by atomic mass is 10.1. The van der Waals surface area contributed by atoms with Crippen LogP contribution in [0.15, 0.2) is 16.7 Å².